The highest BCUT2D eigenvalue weighted by Gasteiger charge is 2.18. The third-order valence-corrected chi connectivity index (χ3v) is 2.06. The van der Waals surface area contributed by atoms with Gasteiger partial charge in [0.1, 0.15) is 11.5 Å². The van der Waals surface area contributed by atoms with Crippen molar-refractivity contribution in [3.63, 3.8) is 0 Å². The Bertz CT molecular complexity index is 238. The zero-order valence-electron chi connectivity index (χ0n) is 6.63. The molecule has 1 aromatic heterocycles. The summed E-state index contributed by atoms with van der Waals surface area (Å²) in [4.78, 5) is 0. The summed E-state index contributed by atoms with van der Waals surface area (Å²) in [6.07, 6.45) is 2.43. The van der Waals surface area contributed by atoms with Crippen molar-refractivity contribution in [2.75, 3.05) is 6.54 Å². The number of aromatic nitrogens is 1. The number of aryl methyl sites for hydroxylation is 1. The summed E-state index contributed by atoms with van der Waals surface area (Å²) in [6.45, 7) is 3.03. The van der Waals surface area contributed by atoms with Crippen molar-refractivity contribution >= 4 is 0 Å². The number of nitrogens with zero attached hydrogens (tertiary/aromatic N) is 1. The molecule has 1 aliphatic heterocycles. The minimum absolute atomic E-state index is 0.437. The second kappa shape index (κ2) is 2.66. The van der Waals surface area contributed by atoms with Gasteiger partial charge in [0.05, 0.1) is 6.04 Å². The number of hydrogen-bond acceptors (Lipinski definition) is 3. The SMILES string of the molecule is Cc1cc(C2CCCN2)no1. The van der Waals surface area contributed by atoms with E-state index in [2.05, 4.69) is 10.5 Å². The smallest absolute Gasteiger partial charge is 0.133 e. The summed E-state index contributed by atoms with van der Waals surface area (Å²) in [7, 11) is 0. The quantitative estimate of drug-likeness (QED) is 0.661. The molecule has 2 rings (SSSR count). The number of nitrogens with one attached hydrogen (secondary N) is 1. The second-order valence-electron chi connectivity index (χ2n) is 3.01. The molecule has 3 nitrogen and oxygen atoms in total. The molecule has 1 aliphatic rings. The van der Waals surface area contributed by atoms with Crippen LogP contribution in [0, 0.1) is 6.92 Å². The molecule has 1 N–H and O–H groups in total. The Morgan fingerprint density at radius 1 is 1.73 bits per heavy atom. The maximum absolute atomic E-state index is 4.99. The van der Waals surface area contributed by atoms with E-state index in [1.54, 1.807) is 0 Å². The zero-order valence-corrected chi connectivity index (χ0v) is 6.63. The van der Waals surface area contributed by atoms with Gasteiger partial charge in [0.15, 0.2) is 0 Å². The van der Waals surface area contributed by atoms with Crippen molar-refractivity contribution in [3.05, 3.63) is 17.5 Å². The normalized spacial score (nSPS) is 24.3. The maximum atomic E-state index is 4.99. The van der Waals surface area contributed by atoms with Crippen LogP contribution in [0.25, 0.3) is 0 Å². The molecule has 3 heteroatoms. The van der Waals surface area contributed by atoms with Gasteiger partial charge >= 0.3 is 0 Å². The molecule has 0 saturated carbocycles. The van der Waals surface area contributed by atoms with Gasteiger partial charge in [0.2, 0.25) is 0 Å². The molecule has 1 unspecified atom stereocenters. The fraction of sp³-hybridized carbons (Fsp3) is 0.625. The Hall–Kier alpha value is -0.830. The molecule has 0 bridgehead atoms. The standard InChI is InChI=1S/C8H12N2O/c1-6-5-8(10-11-6)7-3-2-4-9-7/h5,7,9H,2-4H2,1H3. The third kappa shape index (κ3) is 1.28. The molecule has 1 aromatic rings. The average Bonchev–Trinajstić information content (AvgIpc) is 2.55. The first-order chi connectivity index (χ1) is 5.36. The van der Waals surface area contributed by atoms with Crippen LogP contribution >= 0.6 is 0 Å². The van der Waals surface area contributed by atoms with E-state index in [0.717, 1.165) is 18.0 Å². The van der Waals surface area contributed by atoms with E-state index in [4.69, 9.17) is 4.52 Å². The number of rotatable bonds is 1. The van der Waals surface area contributed by atoms with Crippen molar-refractivity contribution in [1.29, 1.82) is 0 Å². The molecule has 0 spiro atoms. The Morgan fingerprint density at radius 2 is 2.64 bits per heavy atom. The summed E-state index contributed by atoms with van der Waals surface area (Å²) in [5.74, 6) is 0.897. The summed E-state index contributed by atoms with van der Waals surface area (Å²) in [6, 6.07) is 2.44. The zero-order chi connectivity index (χ0) is 7.68. The predicted molar refractivity (Wildman–Crippen MR) is 41.2 cm³/mol. The largest absolute Gasteiger partial charge is 0.361 e. The Labute approximate surface area is 65.8 Å². The van der Waals surface area contributed by atoms with Crippen LogP contribution in [-0.4, -0.2) is 11.7 Å². The fourth-order valence-electron chi connectivity index (χ4n) is 1.49. The van der Waals surface area contributed by atoms with Gasteiger partial charge in [-0.3, -0.25) is 0 Å². The van der Waals surface area contributed by atoms with Crippen molar-refractivity contribution in [2.45, 2.75) is 25.8 Å². The Morgan fingerprint density at radius 3 is 3.18 bits per heavy atom. The van der Waals surface area contributed by atoms with Crippen LogP contribution in [-0.2, 0) is 0 Å². The van der Waals surface area contributed by atoms with Crippen molar-refractivity contribution < 1.29 is 4.52 Å². The van der Waals surface area contributed by atoms with Gasteiger partial charge < -0.3 is 9.84 Å². The monoisotopic (exact) mass is 152 g/mol. The molecule has 0 aromatic carbocycles. The first-order valence-corrected chi connectivity index (χ1v) is 4.03. The predicted octanol–water partition coefficient (Wildman–Crippen LogP) is 1.41. The van der Waals surface area contributed by atoms with Gasteiger partial charge in [-0.2, -0.15) is 0 Å². The minimum Gasteiger partial charge on any atom is -0.361 e. The Balaban J connectivity index is 2.15. The molecule has 11 heavy (non-hydrogen) atoms. The van der Waals surface area contributed by atoms with Gasteiger partial charge in [-0.25, -0.2) is 0 Å². The second-order valence-corrected chi connectivity index (χ2v) is 3.01. The third-order valence-electron chi connectivity index (χ3n) is 2.06. The first-order valence-electron chi connectivity index (χ1n) is 4.03. The first kappa shape index (κ1) is 6.85. The summed E-state index contributed by atoms with van der Waals surface area (Å²) in [5.41, 5.74) is 1.06. The maximum Gasteiger partial charge on any atom is 0.133 e. The van der Waals surface area contributed by atoms with Gasteiger partial charge in [0, 0.05) is 6.07 Å². The molecule has 0 aliphatic carbocycles. The van der Waals surface area contributed by atoms with Gasteiger partial charge in [-0.15, -0.1) is 0 Å². The van der Waals surface area contributed by atoms with Crippen LogP contribution in [0.1, 0.15) is 30.3 Å². The van der Waals surface area contributed by atoms with Gasteiger partial charge in [-0.05, 0) is 26.3 Å². The molecule has 0 radical (unpaired) electrons. The van der Waals surface area contributed by atoms with Gasteiger partial charge in [-0.1, -0.05) is 5.16 Å². The lowest BCUT2D eigenvalue weighted by Crippen LogP contribution is -2.12. The van der Waals surface area contributed by atoms with Crippen molar-refractivity contribution in [3.8, 4) is 0 Å². The summed E-state index contributed by atoms with van der Waals surface area (Å²) < 4.78 is 4.99. The van der Waals surface area contributed by atoms with Crippen LogP contribution in [0.4, 0.5) is 0 Å². The van der Waals surface area contributed by atoms with Crippen LogP contribution < -0.4 is 5.32 Å². The minimum atomic E-state index is 0.437. The van der Waals surface area contributed by atoms with Crippen molar-refractivity contribution in [1.82, 2.24) is 10.5 Å². The van der Waals surface area contributed by atoms with Crippen LogP contribution in [0.2, 0.25) is 0 Å². The van der Waals surface area contributed by atoms with E-state index in [9.17, 15) is 0 Å². The summed E-state index contributed by atoms with van der Waals surface area (Å²) in [5, 5.41) is 7.32. The van der Waals surface area contributed by atoms with E-state index in [1.807, 2.05) is 13.0 Å². The fourth-order valence-corrected chi connectivity index (χ4v) is 1.49. The molecule has 60 valence electrons. The molecule has 1 fully saturated rings. The van der Waals surface area contributed by atoms with E-state index in [-0.39, 0.29) is 0 Å². The molecule has 2 heterocycles. The lowest BCUT2D eigenvalue weighted by molar-refractivity contribution is 0.382. The molecule has 1 atom stereocenters. The highest BCUT2D eigenvalue weighted by molar-refractivity contribution is 5.09. The lowest BCUT2D eigenvalue weighted by Gasteiger charge is -2.02. The molecular weight excluding hydrogens is 140 g/mol. The van der Waals surface area contributed by atoms with E-state index in [0.29, 0.717) is 6.04 Å². The summed E-state index contributed by atoms with van der Waals surface area (Å²) >= 11 is 0. The average molecular weight is 152 g/mol. The van der Waals surface area contributed by atoms with Crippen LogP contribution in [0.15, 0.2) is 10.6 Å². The lowest BCUT2D eigenvalue weighted by atomic mass is 10.1. The van der Waals surface area contributed by atoms with Crippen LogP contribution in [0.3, 0.4) is 0 Å². The highest BCUT2D eigenvalue weighted by Crippen LogP contribution is 2.21. The Kier molecular flexibility index (Phi) is 1.66. The van der Waals surface area contributed by atoms with Gasteiger partial charge in [0.25, 0.3) is 0 Å². The van der Waals surface area contributed by atoms with Crippen LogP contribution in [0.5, 0.6) is 0 Å². The topological polar surface area (TPSA) is 38.1 Å². The molecule has 1 saturated heterocycles. The van der Waals surface area contributed by atoms with E-state index >= 15 is 0 Å². The molecular formula is C8H12N2O. The van der Waals surface area contributed by atoms with Crippen molar-refractivity contribution in [2.24, 2.45) is 0 Å². The number of hydrogen-bond donors (Lipinski definition) is 1. The molecule has 0 amide bonds. The van der Waals surface area contributed by atoms with E-state index < -0.39 is 0 Å². The van der Waals surface area contributed by atoms with E-state index in [1.165, 1.54) is 12.8 Å². The highest BCUT2D eigenvalue weighted by atomic mass is 16.5.